The molecule has 0 spiro atoms. The van der Waals surface area contributed by atoms with Crippen molar-refractivity contribution in [2.24, 2.45) is 13.0 Å². The van der Waals surface area contributed by atoms with E-state index in [0.717, 1.165) is 0 Å². The van der Waals surface area contributed by atoms with Crippen molar-refractivity contribution in [3.8, 4) is 0 Å². The number of nitrogens with zero attached hydrogens (tertiary/aromatic N) is 5. The molecule has 0 saturated heterocycles. The van der Waals surface area contributed by atoms with Crippen LogP contribution >= 0.6 is 0 Å². The zero-order valence-corrected chi connectivity index (χ0v) is 9.08. The molecule has 1 aromatic rings. The van der Waals surface area contributed by atoms with Gasteiger partial charge in [0.05, 0.1) is 5.92 Å². The van der Waals surface area contributed by atoms with Gasteiger partial charge in [0.1, 0.15) is 0 Å². The number of hydrogen-bond donors (Lipinski definition) is 1. The Hall–Kier alpha value is -1.66. The highest BCUT2D eigenvalue weighted by molar-refractivity contribution is 5.70. The van der Waals surface area contributed by atoms with E-state index in [0.29, 0.717) is 19.0 Å². The number of hydrogen-bond acceptors (Lipinski definition) is 5. The minimum absolute atomic E-state index is 0.403. The lowest BCUT2D eigenvalue weighted by atomic mass is 10.2. The Bertz CT molecular complexity index is 338. The molecule has 1 aromatic heterocycles. The van der Waals surface area contributed by atoms with Crippen molar-refractivity contribution < 1.29 is 9.90 Å². The number of aryl methyl sites for hydroxylation is 1. The number of carboxylic acid groups (broad SMARTS) is 1. The van der Waals surface area contributed by atoms with Crippen molar-refractivity contribution in [1.29, 1.82) is 0 Å². The first kappa shape index (κ1) is 11.4. The van der Waals surface area contributed by atoms with Gasteiger partial charge in [0.15, 0.2) is 0 Å². The molecule has 1 unspecified atom stereocenters. The Labute approximate surface area is 87.7 Å². The molecular weight excluding hydrogens is 198 g/mol. The molecule has 0 aliphatic rings. The second kappa shape index (κ2) is 4.72. The maximum absolute atomic E-state index is 10.7. The smallest absolute Gasteiger partial charge is 0.308 e. The van der Waals surface area contributed by atoms with Gasteiger partial charge >= 0.3 is 5.97 Å². The van der Waals surface area contributed by atoms with Crippen LogP contribution in [0.15, 0.2) is 0 Å². The Balaban J connectivity index is 2.73. The predicted molar refractivity (Wildman–Crippen MR) is 53.5 cm³/mol. The third-order valence-electron chi connectivity index (χ3n) is 2.18. The van der Waals surface area contributed by atoms with E-state index in [1.807, 2.05) is 11.8 Å². The van der Waals surface area contributed by atoms with Gasteiger partial charge in [-0.1, -0.05) is 12.0 Å². The van der Waals surface area contributed by atoms with Crippen LogP contribution in [-0.4, -0.2) is 44.4 Å². The molecule has 0 aromatic carbocycles. The predicted octanol–water partition coefficient (Wildman–Crippen LogP) is -0.243. The lowest BCUT2D eigenvalue weighted by Gasteiger charge is -2.22. The molecule has 7 nitrogen and oxygen atoms in total. The SMILES string of the molecule is CCN(CC(C)C(=O)O)c1nnnn1C. The molecule has 0 saturated carbocycles. The lowest BCUT2D eigenvalue weighted by molar-refractivity contribution is -0.140. The summed E-state index contributed by atoms with van der Waals surface area (Å²) in [4.78, 5) is 12.6. The summed E-state index contributed by atoms with van der Waals surface area (Å²) in [6.07, 6.45) is 0. The molecule has 7 heteroatoms. The molecule has 1 heterocycles. The number of aliphatic carboxylic acids is 1. The number of anilines is 1. The fraction of sp³-hybridized carbons (Fsp3) is 0.750. The van der Waals surface area contributed by atoms with E-state index in [1.165, 1.54) is 4.68 Å². The van der Waals surface area contributed by atoms with Gasteiger partial charge in [-0.2, -0.15) is 0 Å². The lowest BCUT2D eigenvalue weighted by Crippen LogP contribution is -2.33. The molecule has 0 bridgehead atoms. The molecule has 0 fully saturated rings. The molecule has 1 N–H and O–H groups in total. The van der Waals surface area contributed by atoms with Gasteiger partial charge in [-0.25, -0.2) is 4.68 Å². The van der Waals surface area contributed by atoms with E-state index in [1.54, 1.807) is 14.0 Å². The van der Waals surface area contributed by atoms with Crippen molar-refractivity contribution in [2.75, 3.05) is 18.0 Å². The van der Waals surface area contributed by atoms with Crippen LogP contribution in [0.4, 0.5) is 5.95 Å². The second-order valence-corrected chi connectivity index (χ2v) is 3.38. The minimum Gasteiger partial charge on any atom is -0.481 e. The van der Waals surface area contributed by atoms with Gasteiger partial charge in [-0.3, -0.25) is 4.79 Å². The normalized spacial score (nSPS) is 12.5. The average molecular weight is 213 g/mol. The van der Waals surface area contributed by atoms with Crippen molar-refractivity contribution >= 4 is 11.9 Å². The van der Waals surface area contributed by atoms with Gasteiger partial charge in [0.25, 0.3) is 0 Å². The molecule has 0 aliphatic heterocycles. The zero-order valence-electron chi connectivity index (χ0n) is 9.08. The van der Waals surface area contributed by atoms with Gasteiger partial charge in [-0.15, -0.1) is 0 Å². The van der Waals surface area contributed by atoms with Gasteiger partial charge in [0, 0.05) is 20.1 Å². The first-order valence-electron chi connectivity index (χ1n) is 4.76. The summed E-state index contributed by atoms with van der Waals surface area (Å²) in [6.45, 7) is 4.67. The Kier molecular flexibility index (Phi) is 3.59. The summed E-state index contributed by atoms with van der Waals surface area (Å²) >= 11 is 0. The van der Waals surface area contributed by atoms with E-state index >= 15 is 0 Å². The van der Waals surface area contributed by atoms with Gasteiger partial charge < -0.3 is 10.0 Å². The molecular formula is C8H15N5O2. The fourth-order valence-corrected chi connectivity index (χ4v) is 1.25. The Morgan fingerprint density at radius 1 is 1.67 bits per heavy atom. The average Bonchev–Trinajstić information content (AvgIpc) is 2.60. The van der Waals surface area contributed by atoms with E-state index in [9.17, 15) is 4.79 Å². The van der Waals surface area contributed by atoms with Crippen molar-refractivity contribution in [3.05, 3.63) is 0 Å². The largest absolute Gasteiger partial charge is 0.481 e. The summed E-state index contributed by atoms with van der Waals surface area (Å²) in [7, 11) is 1.73. The summed E-state index contributed by atoms with van der Waals surface area (Å²) in [6, 6.07) is 0. The van der Waals surface area contributed by atoms with E-state index in [2.05, 4.69) is 15.5 Å². The summed E-state index contributed by atoms with van der Waals surface area (Å²) in [5, 5.41) is 19.9. The Morgan fingerprint density at radius 2 is 2.33 bits per heavy atom. The topological polar surface area (TPSA) is 84.1 Å². The third-order valence-corrected chi connectivity index (χ3v) is 2.18. The van der Waals surface area contributed by atoms with Crippen LogP contribution in [0, 0.1) is 5.92 Å². The Morgan fingerprint density at radius 3 is 2.73 bits per heavy atom. The van der Waals surface area contributed by atoms with E-state index < -0.39 is 11.9 Å². The highest BCUT2D eigenvalue weighted by Gasteiger charge is 2.18. The number of aromatic nitrogens is 4. The molecule has 84 valence electrons. The monoisotopic (exact) mass is 213 g/mol. The second-order valence-electron chi connectivity index (χ2n) is 3.38. The quantitative estimate of drug-likeness (QED) is 0.726. The molecule has 0 radical (unpaired) electrons. The number of carboxylic acids is 1. The van der Waals surface area contributed by atoms with Crippen LogP contribution in [0.1, 0.15) is 13.8 Å². The van der Waals surface area contributed by atoms with Crippen LogP contribution in [-0.2, 0) is 11.8 Å². The van der Waals surface area contributed by atoms with Crippen molar-refractivity contribution in [1.82, 2.24) is 20.2 Å². The third kappa shape index (κ3) is 2.64. The fourth-order valence-electron chi connectivity index (χ4n) is 1.25. The zero-order chi connectivity index (χ0) is 11.4. The van der Waals surface area contributed by atoms with Crippen molar-refractivity contribution in [2.45, 2.75) is 13.8 Å². The summed E-state index contributed by atoms with van der Waals surface area (Å²) < 4.78 is 1.53. The number of tetrazole rings is 1. The maximum Gasteiger partial charge on any atom is 0.308 e. The molecule has 15 heavy (non-hydrogen) atoms. The molecule has 1 atom stereocenters. The van der Waals surface area contributed by atoms with E-state index in [4.69, 9.17) is 5.11 Å². The number of carbonyl (C=O) groups is 1. The highest BCUT2D eigenvalue weighted by Crippen LogP contribution is 2.09. The van der Waals surface area contributed by atoms with Crippen LogP contribution in [0.25, 0.3) is 0 Å². The van der Waals surface area contributed by atoms with Gasteiger partial charge in [0.2, 0.25) is 5.95 Å². The van der Waals surface area contributed by atoms with Crippen LogP contribution in [0.3, 0.4) is 0 Å². The van der Waals surface area contributed by atoms with Gasteiger partial charge in [-0.05, 0) is 17.4 Å². The van der Waals surface area contributed by atoms with Crippen LogP contribution in [0.5, 0.6) is 0 Å². The molecule has 1 rings (SSSR count). The molecule has 0 amide bonds. The molecule has 0 aliphatic carbocycles. The standard InChI is InChI=1S/C8H15N5O2/c1-4-13(5-6(2)7(14)15)8-9-10-11-12(8)3/h6H,4-5H2,1-3H3,(H,14,15). The summed E-state index contributed by atoms with van der Waals surface area (Å²) in [5.74, 6) is -0.671. The summed E-state index contributed by atoms with van der Waals surface area (Å²) in [5.41, 5.74) is 0. The van der Waals surface area contributed by atoms with Crippen molar-refractivity contribution in [3.63, 3.8) is 0 Å². The van der Waals surface area contributed by atoms with Crippen LogP contribution < -0.4 is 4.90 Å². The number of rotatable bonds is 5. The van der Waals surface area contributed by atoms with E-state index in [-0.39, 0.29) is 0 Å². The maximum atomic E-state index is 10.7. The highest BCUT2D eigenvalue weighted by atomic mass is 16.4. The first-order chi connectivity index (χ1) is 7.06. The first-order valence-corrected chi connectivity index (χ1v) is 4.76. The van der Waals surface area contributed by atoms with Crippen LogP contribution in [0.2, 0.25) is 0 Å². The minimum atomic E-state index is -0.816.